The van der Waals surface area contributed by atoms with E-state index >= 15 is 0 Å². The van der Waals surface area contributed by atoms with Crippen molar-refractivity contribution >= 4 is 11.9 Å². The van der Waals surface area contributed by atoms with Crippen LogP contribution in [0, 0.1) is 0 Å². The maximum Gasteiger partial charge on any atom is 0.319 e. The number of esters is 1. The second-order valence-electron chi connectivity index (χ2n) is 3.71. The maximum atomic E-state index is 11.6. The number of carbonyl (C=O) groups is 2. The number of nitrogens with two attached hydrogens (primary N) is 1. The lowest BCUT2D eigenvalue weighted by atomic mass is 10.3. The zero-order valence-corrected chi connectivity index (χ0v) is 10.2. The lowest BCUT2D eigenvalue weighted by molar-refractivity contribution is -0.142. The van der Waals surface area contributed by atoms with E-state index in [9.17, 15) is 9.59 Å². The fourth-order valence-electron chi connectivity index (χ4n) is 1.15. The van der Waals surface area contributed by atoms with E-state index in [4.69, 9.17) is 5.73 Å². The monoisotopic (exact) mass is 231 g/mol. The summed E-state index contributed by atoms with van der Waals surface area (Å²) in [6.45, 7) is 1.53. The molecular formula is C10H21N3O3. The summed E-state index contributed by atoms with van der Waals surface area (Å²) >= 11 is 0. The molecule has 0 unspecified atom stereocenters. The summed E-state index contributed by atoms with van der Waals surface area (Å²) in [6, 6.07) is 0. The van der Waals surface area contributed by atoms with Gasteiger partial charge in [-0.25, -0.2) is 0 Å². The van der Waals surface area contributed by atoms with Crippen molar-refractivity contribution in [2.45, 2.75) is 6.42 Å². The van der Waals surface area contributed by atoms with Gasteiger partial charge in [-0.3, -0.25) is 14.5 Å². The van der Waals surface area contributed by atoms with E-state index in [0.717, 1.165) is 6.42 Å². The first-order valence-corrected chi connectivity index (χ1v) is 5.20. The van der Waals surface area contributed by atoms with E-state index < -0.39 is 0 Å². The molecule has 0 aliphatic heterocycles. The number of likely N-dealkylation sites (N-methyl/N-ethyl adjacent to an activating group) is 2. The van der Waals surface area contributed by atoms with Crippen molar-refractivity contribution in [3.05, 3.63) is 0 Å². The highest BCUT2D eigenvalue weighted by molar-refractivity contribution is 5.79. The minimum atomic E-state index is -0.347. The lowest BCUT2D eigenvalue weighted by Gasteiger charge is -2.20. The van der Waals surface area contributed by atoms with Crippen LogP contribution in [0.2, 0.25) is 0 Å². The van der Waals surface area contributed by atoms with Gasteiger partial charge < -0.3 is 15.4 Å². The maximum absolute atomic E-state index is 11.6. The number of nitrogens with zero attached hydrogens (tertiary/aromatic N) is 2. The minimum absolute atomic E-state index is 0.0279. The molecule has 0 bridgehead atoms. The Balaban J connectivity index is 3.89. The summed E-state index contributed by atoms with van der Waals surface area (Å²) in [4.78, 5) is 25.8. The molecule has 0 radical (unpaired) electrons. The van der Waals surface area contributed by atoms with Gasteiger partial charge in [0, 0.05) is 13.6 Å². The number of rotatable bonds is 7. The van der Waals surface area contributed by atoms with Gasteiger partial charge in [-0.15, -0.1) is 0 Å². The molecule has 0 rings (SSSR count). The molecule has 1 amide bonds. The van der Waals surface area contributed by atoms with E-state index in [1.54, 1.807) is 23.9 Å². The first-order chi connectivity index (χ1) is 7.51. The molecule has 0 aromatic rings. The molecule has 2 N–H and O–H groups in total. The lowest BCUT2D eigenvalue weighted by Crippen LogP contribution is -2.39. The standard InChI is InChI=1S/C10H21N3O3/c1-12(8-10(15)16-3)7-9(14)13(2)6-4-5-11/h4-8,11H2,1-3H3. The molecule has 0 fully saturated rings. The Bertz CT molecular complexity index is 233. The molecule has 0 aromatic carbocycles. The second-order valence-corrected chi connectivity index (χ2v) is 3.71. The predicted molar refractivity (Wildman–Crippen MR) is 60.8 cm³/mol. The Kier molecular flexibility index (Phi) is 7.49. The Morgan fingerprint density at radius 3 is 2.38 bits per heavy atom. The Morgan fingerprint density at radius 1 is 1.25 bits per heavy atom. The molecule has 94 valence electrons. The molecule has 0 aromatic heterocycles. The quantitative estimate of drug-likeness (QED) is 0.563. The molecule has 0 spiro atoms. The van der Waals surface area contributed by atoms with Crippen molar-refractivity contribution in [3.8, 4) is 0 Å². The molecule has 6 heteroatoms. The average Bonchev–Trinajstić information content (AvgIpc) is 2.25. The second kappa shape index (κ2) is 8.06. The highest BCUT2D eigenvalue weighted by atomic mass is 16.5. The molecule has 0 aliphatic rings. The van der Waals surface area contributed by atoms with Gasteiger partial charge in [-0.1, -0.05) is 0 Å². The fraction of sp³-hybridized carbons (Fsp3) is 0.800. The third-order valence-electron chi connectivity index (χ3n) is 2.16. The summed E-state index contributed by atoms with van der Waals surface area (Å²) in [5.74, 6) is -0.375. The number of hydrogen-bond donors (Lipinski definition) is 1. The van der Waals surface area contributed by atoms with Crippen molar-refractivity contribution in [2.24, 2.45) is 5.73 Å². The average molecular weight is 231 g/mol. The van der Waals surface area contributed by atoms with Crippen LogP contribution in [0.15, 0.2) is 0 Å². The summed E-state index contributed by atoms with van der Waals surface area (Å²) in [5.41, 5.74) is 5.35. The normalized spacial score (nSPS) is 10.3. The molecular weight excluding hydrogens is 210 g/mol. The van der Waals surface area contributed by atoms with Gasteiger partial charge in [0.1, 0.15) is 0 Å². The molecule has 0 saturated carbocycles. The number of amides is 1. The van der Waals surface area contributed by atoms with Crippen LogP contribution >= 0.6 is 0 Å². The van der Waals surface area contributed by atoms with Gasteiger partial charge in [0.25, 0.3) is 0 Å². The Hall–Kier alpha value is -1.14. The highest BCUT2D eigenvalue weighted by Crippen LogP contribution is 1.92. The van der Waals surface area contributed by atoms with Crippen LogP contribution in [-0.2, 0) is 14.3 Å². The Labute approximate surface area is 96.3 Å². The molecule has 0 aliphatic carbocycles. The number of hydrogen-bond acceptors (Lipinski definition) is 5. The summed E-state index contributed by atoms with van der Waals surface area (Å²) in [7, 11) is 4.75. The smallest absolute Gasteiger partial charge is 0.319 e. The Morgan fingerprint density at radius 2 is 1.88 bits per heavy atom. The summed E-state index contributed by atoms with van der Waals surface area (Å²) in [6.07, 6.45) is 0.781. The van der Waals surface area contributed by atoms with Crippen molar-refractivity contribution in [3.63, 3.8) is 0 Å². The van der Waals surface area contributed by atoms with Crippen LogP contribution in [0.4, 0.5) is 0 Å². The largest absolute Gasteiger partial charge is 0.468 e. The van der Waals surface area contributed by atoms with E-state index in [-0.39, 0.29) is 25.0 Å². The van der Waals surface area contributed by atoms with Crippen LogP contribution in [0.1, 0.15) is 6.42 Å². The third kappa shape index (κ3) is 6.36. The van der Waals surface area contributed by atoms with Crippen molar-refractivity contribution in [1.82, 2.24) is 9.80 Å². The van der Waals surface area contributed by atoms with Gasteiger partial charge >= 0.3 is 5.97 Å². The van der Waals surface area contributed by atoms with Crippen LogP contribution in [0.25, 0.3) is 0 Å². The van der Waals surface area contributed by atoms with Gasteiger partial charge in [0.05, 0.1) is 20.2 Å². The SMILES string of the molecule is COC(=O)CN(C)CC(=O)N(C)CCCN. The van der Waals surface area contributed by atoms with E-state index in [1.807, 2.05) is 0 Å². The molecule has 16 heavy (non-hydrogen) atoms. The third-order valence-corrected chi connectivity index (χ3v) is 2.16. The minimum Gasteiger partial charge on any atom is -0.468 e. The summed E-state index contributed by atoms with van der Waals surface area (Å²) in [5, 5.41) is 0. The zero-order valence-electron chi connectivity index (χ0n) is 10.2. The first-order valence-electron chi connectivity index (χ1n) is 5.20. The van der Waals surface area contributed by atoms with Gasteiger partial charge in [0.15, 0.2) is 0 Å². The van der Waals surface area contributed by atoms with Crippen LogP contribution < -0.4 is 5.73 Å². The van der Waals surface area contributed by atoms with Gasteiger partial charge in [-0.2, -0.15) is 0 Å². The van der Waals surface area contributed by atoms with Crippen LogP contribution in [0.5, 0.6) is 0 Å². The molecule has 0 atom stereocenters. The first kappa shape index (κ1) is 14.9. The number of methoxy groups -OCH3 is 1. The van der Waals surface area contributed by atoms with Gasteiger partial charge in [-0.05, 0) is 20.0 Å². The van der Waals surface area contributed by atoms with E-state index in [1.165, 1.54) is 7.11 Å². The fourth-order valence-corrected chi connectivity index (χ4v) is 1.15. The predicted octanol–water partition coefficient (Wildman–Crippen LogP) is -1.10. The van der Waals surface area contributed by atoms with Crippen LogP contribution in [0.3, 0.4) is 0 Å². The van der Waals surface area contributed by atoms with Crippen molar-refractivity contribution in [1.29, 1.82) is 0 Å². The van der Waals surface area contributed by atoms with E-state index in [0.29, 0.717) is 13.1 Å². The zero-order chi connectivity index (χ0) is 12.6. The van der Waals surface area contributed by atoms with Crippen LogP contribution in [-0.4, -0.2) is 69.1 Å². The van der Waals surface area contributed by atoms with E-state index in [2.05, 4.69) is 4.74 Å². The highest BCUT2D eigenvalue weighted by Gasteiger charge is 2.13. The molecule has 0 heterocycles. The number of carbonyl (C=O) groups excluding carboxylic acids is 2. The number of ether oxygens (including phenoxy) is 1. The van der Waals surface area contributed by atoms with Crippen molar-refractivity contribution < 1.29 is 14.3 Å². The van der Waals surface area contributed by atoms with Gasteiger partial charge in [0.2, 0.25) is 5.91 Å². The molecule has 6 nitrogen and oxygen atoms in total. The molecule has 0 saturated heterocycles. The summed E-state index contributed by atoms with van der Waals surface area (Å²) < 4.78 is 4.51. The topological polar surface area (TPSA) is 75.9 Å². The van der Waals surface area contributed by atoms with Crippen molar-refractivity contribution in [2.75, 3.05) is 47.4 Å².